The lowest BCUT2D eigenvalue weighted by Crippen LogP contribution is -2.16. The summed E-state index contributed by atoms with van der Waals surface area (Å²) >= 11 is 0. The number of fused-ring (bicyclic) bond motifs is 3. The van der Waals surface area contributed by atoms with Gasteiger partial charge in [-0.1, -0.05) is 54.6 Å². The minimum Gasteiger partial charge on any atom is -0.421 e. The normalized spacial score (nSPS) is 19.0. The van der Waals surface area contributed by atoms with Crippen LogP contribution in [0.15, 0.2) is 72.8 Å². The second-order valence-electron chi connectivity index (χ2n) is 5.21. The highest BCUT2D eigenvalue weighted by Crippen LogP contribution is 2.52. The zero-order valence-corrected chi connectivity index (χ0v) is 12.5. The molecule has 1 aliphatic rings. The second kappa shape index (κ2) is 4.84. The van der Waals surface area contributed by atoms with Crippen LogP contribution in [0.2, 0.25) is 0 Å². The summed E-state index contributed by atoms with van der Waals surface area (Å²) in [6.45, 7) is 0. The van der Waals surface area contributed by atoms with E-state index < -0.39 is 7.60 Å². The highest BCUT2D eigenvalue weighted by molar-refractivity contribution is 7.62. The zero-order chi connectivity index (χ0) is 15.2. The molecular weight excluding hydrogens is 295 g/mol. The lowest BCUT2D eigenvalue weighted by molar-refractivity contribution is 0.392. The highest BCUT2D eigenvalue weighted by atomic mass is 31.2. The molecule has 0 radical (unpaired) electrons. The molecule has 1 N–H and O–H groups in total. The third-order valence-corrected chi connectivity index (χ3v) is 5.25. The first-order valence-electron chi connectivity index (χ1n) is 6.97. The van der Waals surface area contributed by atoms with E-state index >= 15 is 0 Å². The maximum absolute atomic E-state index is 12.4. The predicted molar refractivity (Wildman–Crippen MR) is 87.4 cm³/mol. The maximum atomic E-state index is 12.4. The van der Waals surface area contributed by atoms with Crippen LogP contribution in [-0.4, -0.2) is 4.89 Å². The Morgan fingerprint density at radius 1 is 0.773 bits per heavy atom. The minimum absolute atomic E-state index is 0.356. The predicted octanol–water partition coefficient (Wildman–Crippen LogP) is 4.22. The summed E-state index contributed by atoms with van der Waals surface area (Å²) in [6, 6.07) is 22.7. The Labute approximate surface area is 128 Å². The van der Waals surface area contributed by atoms with E-state index in [1.165, 1.54) is 0 Å². The lowest BCUT2D eigenvalue weighted by Gasteiger charge is -2.25. The van der Waals surface area contributed by atoms with Crippen molar-refractivity contribution in [3.8, 4) is 28.0 Å². The SMILES string of the molecule is O=P1(O)Oc2cc(-c3ccccc3)ccc2-c2ccccc21. The first-order valence-corrected chi connectivity index (χ1v) is 8.55. The van der Waals surface area contributed by atoms with E-state index in [-0.39, 0.29) is 0 Å². The van der Waals surface area contributed by atoms with Gasteiger partial charge in [-0.25, -0.2) is 4.57 Å². The van der Waals surface area contributed by atoms with Gasteiger partial charge in [-0.2, -0.15) is 0 Å². The van der Waals surface area contributed by atoms with Crippen LogP contribution in [0.5, 0.6) is 5.75 Å². The van der Waals surface area contributed by atoms with Crippen LogP contribution in [0.4, 0.5) is 0 Å². The Bertz CT molecular complexity index is 903. The molecule has 3 aromatic rings. The number of hydrogen-bond acceptors (Lipinski definition) is 2. The van der Waals surface area contributed by atoms with Gasteiger partial charge in [0.15, 0.2) is 0 Å². The van der Waals surface area contributed by atoms with Crippen LogP contribution in [-0.2, 0) is 4.57 Å². The standard InChI is InChI=1S/C18H13O3P/c19-22(20)18-9-5-4-8-16(18)15-11-10-14(12-17(15)21-22)13-6-2-1-3-7-13/h1-12H,(H,19,20). The lowest BCUT2D eigenvalue weighted by atomic mass is 9.99. The summed E-state index contributed by atoms with van der Waals surface area (Å²) in [5, 5.41) is 0.356. The van der Waals surface area contributed by atoms with Crippen LogP contribution in [0, 0.1) is 0 Å². The average Bonchev–Trinajstić information content (AvgIpc) is 2.55. The Morgan fingerprint density at radius 3 is 2.32 bits per heavy atom. The van der Waals surface area contributed by atoms with Crippen molar-refractivity contribution in [2.24, 2.45) is 0 Å². The molecular formula is C18H13O3P. The molecule has 0 saturated carbocycles. The zero-order valence-electron chi connectivity index (χ0n) is 11.6. The topological polar surface area (TPSA) is 46.5 Å². The van der Waals surface area contributed by atoms with Gasteiger partial charge in [0, 0.05) is 11.1 Å². The van der Waals surface area contributed by atoms with Crippen LogP contribution >= 0.6 is 7.60 Å². The fraction of sp³-hybridized carbons (Fsp3) is 0. The second-order valence-corrected chi connectivity index (χ2v) is 6.91. The van der Waals surface area contributed by atoms with E-state index in [1.807, 2.05) is 60.7 Å². The summed E-state index contributed by atoms with van der Waals surface area (Å²) in [4.78, 5) is 10.2. The Hall–Kier alpha value is -2.35. The first kappa shape index (κ1) is 13.3. The fourth-order valence-electron chi connectivity index (χ4n) is 2.76. The molecule has 0 amide bonds. The molecule has 0 aliphatic carbocycles. The van der Waals surface area contributed by atoms with Gasteiger partial charge in [0.05, 0.1) is 5.30 Å². The van der Waals surface area contributed by atoms with Gasteiger partial charge in [-0.15, -0.1) is 0 Å². The molecule has 0 fully saturated rings. The molecule has 1 heterocycles. The largest absolute Gasteiger partial charge is 0.421 e. The minimum atomic E-state index is -3.82. The van der Waals surface area contributed by atoms with Crippen molar-refractivity contribution >= 4 is 12.9 Å². The molecule has 1 atom stereocenters. The molecule has 0 aromatic heterocycles. The quantitative estimate of drug-likeness (QED) is 0.685. The third kappa shape index (κ3) is 2.07. The molecule has 0 saturated heterocycles. The van der Waals surface area contributed by atoms with Gasteiger partial charge in [-0.05, 0) is 29.3 Å². The van der Waals surface area contributed by atoms with E-state index in [4.69, 9.17) is 4.52 Å². The molecule has 4 heteroatoms. The van der Waals surface area contributed by atoms with Gasteiger partial charge >= 0.3 is 7.60 Å². The molecule has 0 bridgehead atoms. The van der Waals surface area contributed by atoms with Gasteiger partial charge in [0.1, 0.15) is 5.75 Å². The molecule has 4 rings (SSSR count). The van der Waals surface area contributed by atoms with Gasteiger partial charge in [0.25, 0.3) is 0 Å². The van der Waals surface area contributed by atoms with E-state index in [0.29, 0.717) is 11.1 Å². The number of hydrogen-bond donors (Lipinski definition) is 1. The van der Waals surface area contributed by atoms with Crippen molar-refractivity contribution in [1.29, 1.82) is 0 Å². The Kier molecular flexibility index (Phi) is 2.93. The van der Waals surface area contributed by atoms with Crippen molar-refractivity contribution < 1.29 is 14.0 Å². The van der Waals surface area contributed by atoms with Gasteiger partial charge < -0.3 is 9.42 Å². The smallest absolute Gasteiger partial charge is 0.408 e. The first-order chi connectivity index (χ1) is 10.6. The average molecular weight is 308 g/mol. The number of rotatable bonds is 1. The molecule has 22 heavy (non-hydrogen) atoms. The van der Waals surface area contributed by atoms with E-state index in [9.17, 15) is 9.46 Å². The highest BCUT2D eigenvalue weighted by Gasteiger charge is 2.34. The van der Waals surface area contributed by atoms with E-state index in [2.05, 4.69) is 0 Å². The van der Waals surface area contributed by atoms with Crippen LogP contribution in [0.3, 0.4) is 0 Å². The fourth-order valence-corrected chi connectivity index (χ4v) is 4.05. The maximum Gasteiger partial charge on any atom is 0.408 e. The summed E-state index contributed by atoms with van der Waals surface area (Å²) in [5.74, 6) is 0.450. The van der Waals surface area contributed by atoms with Crippen molar-refractivity contribution in [3.63, 3.8) is 0 Å². The molecule has 3 aromatic carbocycles. The molecule has 0 spiro atoms. The number of benzene rings is 3. The summed E-state index contributed by atoms with van der Waals surface area (Å²) in [5.41, 5.74) is 3.60. The van der Waals surface area contributed by atoms with Crippen LogP contribution in [0.1, 0.15) is 0 Å². The Morgan fingerprint density at radius 2 is 1.50 bits per heavy atom. The third-order valence-electron chi connectivity index (χ3n) is 3.81. The van der Waals surface area contributed by atoms with Crippen molar-refractivity contribution in [2.75, 3.05) is 0 Å². The van der Waals surface area contributed by atoms with Crippen LogP contribution in [0.25, 0.3) is 22.3 Å². The summed E-state index contributed by atoms with van der Waals surface area (Å²) < 4.78 is 17.8. The van der Waals surface area contributed by atoms with Gasteiger partial charge in [0.2, 0.25) is 0 Å². The van der Waals surface area contributed by atoms with Gasteiger partial charge in [-0.3, -0.25) is 0 Å². The van der Waals surface area contributed by atoms with Crippen LogP contribution < -0.4 is 9.83 Å². The van der Waals surface area contributed by atoms with Crippen molar-refractivity contribution in [2.45, 2.75) is 0 Å². The molecule has 1 aliphatic heterocycles. The summed E-state index contributed by atoms with van der Waals surface area (Å²) in [7, 11) is -3.82. The molecule has 108 valence electrons. The summed E-state index contributed by atoms with van der Waals surface area (Å²) in [6.07, 6.45) is 0. The van der Waals surface area contributed by atoms with Crippen molar-refractivity contribution in [1.82, 2.24) is 0 Å². The molecule has 1 unspecified atom stereocenters. The monoisotopic (exact) mass is 308 g/mol. The van der Waals surface area contributed by atoms with E-state index in [1.54, 1.807) is 12.1 Å². The van der Waals surface area contributed by atoms with Crippen molar-refractivity contribution in [3.05, 3.63) is 72.8 Å². The Balaban J connectivity index is 1.92. The molecule has 3 nitrogen and oxygen atoms in total. The van der Waals surface area contributed by atoms with E-state index in [0.717, 1.165) is 22.3 Å².